The summed E-state index contributed by atoms with van der Waals surface area (Å²) in [6.07, 6.45) is 3.45. The lowest BCUT2D eigenvalue weighted by molar-refractivity contribution is -0.168. The summed E-state index contributed by atoms with van der Waals surface area (Å²) in [7, 11) is 3.39. The highest BCUT2D eigenvalue weighted by molar-refractivity contribution is 6.01. The lowest BCUT2D eigenvalue weighted by Crippen LogP contribution is -2.55. The Morgan fingerprint density at radius 3 is 2.72 bits per heavy atom. The number of fused-ring (bicyclic) bond motifs is 1. The van der Waals surface area contributed by atoms with Crippen molar-refractivity contribution in [2.45, 2.75) is 25.6 Å². The number of hydrazone groups is 1. The van der Waals surface area contributed by atoms with E-state index in [1.807, 2.05) is 44.3 Å². The van der Waals surface area contributed by atoms with Gasteiger partial charge >= 0.3 is 5.72 Å². The van der Waals surface area contributed by atoms with Crippen molar-refractivity contribution >= 4 is 28.5 Å². The maximum atomic E-state index is 13.5. The van der Waals surface area contributed by atoms with Gasteiger partial charge in [0.25, 0.3) is 5.91 Å². The van der Waals surface area contributed by atoms with E-state index >= 15 is 0 Å². The molecule has 3 aromatic rings. The van der Waals surface area contributed by atoms with Crippen LogP contribution >= 0.6 is 0 Å². The van der Waals surface area contributed by atoms with Crippen LogP contribution in [0.3, 0.4) is 0 Å². The van der Waals surface area contributed by atoms with Gasteiger partial charge in [0, 0.05) is 54.6 Å². The molecule has 0 spiro atoms. The van der Waals surface area contributed by atoms with Gasteiger partial charge < -0.3 is 20.4 Å². The number of nitrogens with one attached hydrogen (secondary N) is 1. The van der Waals surface area contributed by atoms with Gasteiger partial charge in [-0.25, -0.2) is 9.99 Å². The molecule has 0 bridgehead atoms. The minimum Gasteiger partial charge on any atom is -0.434 e. The third-order valence-corrected chi connectivity index (χ3v) is 4.92. The van der Waals surface area contributed by atoms with Gasteiger partial charge in [0.2, 0.25) is 5.90 Å². The largest absolute Gasteiger partial charge is 0.434 e. The van der Waals surface area contributed by atoms with Crippen molar-refractivity contribution in [3.8, 4) is 0 Å². The summed E-state index contributed by atoms with van der Waals surface area (Å²) in [4.78, 5) is 22.2. The summed E-state index contributed by atoms with van der Waals surface area (Å²) in [6, 6.07) is 11.1. The van der Waals surface area contributed by atoms with Gasteiger partial charge in [-0.05, 0) is 50.2 Å². The molecule has 1 aromatic carbocycles. The fourth-order valence-electron chi connectivity index (χ4n) is 3.58. The molecule has 150 valence electrons. The molecule has 3 N–H and O–H groups in total. The first-order chi connectivity index (χ1) is 13.8. The second-order valence-electron chi connectivity index (χ2n) is 7.54. The van der Waals surface area contributed by atoms with E-state index in [9.17, 15) is 4.79 Å². The Hall–Kier alpha value is -3.55. The molecule has 0 saturated carbocycles. The average molecular weight is 392 g/mol. The second-order valence-corrected chi connectivity index (χ2v) is 7.54. The zero-order valence-corrected chi connectivity index (χ0v) is 16.9. The monoisotopic (exact) mass is 392 g/mol. The number of benzene rings is 1. The summed E-state index contributed by atoms with van der Waals surface area (Å²) in [5.74, 6) is 0.439. The molecule has 1 amide bonds. The fraction of sp³-hybridized carbons (Fsp3) is 0.286. The zero-order valence-electron chi connectivity index (χ0n) is 16.9. The number of H-pyrrole nitrogens is 1. The summed E-state index contributed by atoms with van der Waals surface area (Å²) < 4.78 is 6.39. The molecular weight excluding hydrogens is 368 g/mol. The third-order valence-electron chi connectivity index (χ3n) is 4.92. The fourth-order valence-corrected chi connectivity index (χ4v) is 3.58. The van der Waals surface area contributed by atoms with Crippen molar-refractivity contribution < 1.29 is 9.53 Å². The lowest BCUT2D eigenvalue weighted by Gasteiger charge is -2.38. The Bertz CT molecular complexity index is 1100. The van der Waals surface area contributed by atoms with Crippen LogP contribution in [0.4, 0.5) is 5.82 Å². The van der Waals surface area contributed by atoms with Crippen molar-refractivity contribution in [1.82, 2.24) is 19.9 Å². The molecule has 29 heavy (non-hydrogen) atoms. The van der Waals surface area contributed by atoms with Gasteiger partial charge in [-0.3, -0.25) is 4.79 Å². The predicted molar refractivity (Wildman–Crippen MR) is 112 cm³/mol. The average Bonchev–Trinajstić information content (AvgIpc) is 3.32. The Balaban J connectivity index is 1.87. The van der Waals surface area contributed by atoms with Crippen LogP contribution in [0.2, 0.25) is 0 Å². The molecule has 1 atom stereocenters. The molecule has 0 saturated heterocycles. The number of aromatic nitrogens is 2. The number of pyridine rings is 1. The number of carbonyl (C=O) groups is 1. The molecule has 0 radical (unpaired) electrons. The number of nitrogens with zero attached hydrogens (tertiary/aromatic N) is 4. The van der Waals surface area contributed by atoms with Gasteiger partial charge in [0.15, 0.2) is 0 Å². The topological polar surface area (TPSA) is 99.8 Å². The molecule has 3 heterocycles. The van der Waals surface area contributed by atoms with Crippen molar-refractivity contribution in [1.29, 1.82) is 0 Å². The van der Waals surface area contributed by atoms with Crippen LogP contribution in [-0.2, 0) is 15.3 Å². The molecule has 0 fully saturated rings. The maximum absolute atomic E-state index is 13.5. The first kappa shape index (κ1) is 18.8. The van der Waals surface area contributed by atoms with Crippen molar-refractivity contribution in [2.24, 2.45) is 5.10 Å². The van der Waals surface area contributed by atoms with Crippen molar-refractivity contribution in [3.05, 3.63) is 59.9 Å². The van der Waals surface area contributed by atoms with E-state index in [0.717, 1.165) is 16.5 Å². The Labute approximate surface area is 169 Å². The van der Waals surface area contributed by atoms with E-state index < -0.39 is 5.72 Å². The van der Waals surface area contributed by atoms with Crippen LogP contribution < -0.4 is 5.73 Å². The molecule has 8 nitrogen and oxygen atoms in total. The molecule has 1 aliphatic heterocycles. The standard InChI is InChI=1S/C21H24N6O2/c1-13(2)27-21(20(28)26(3)4,16-8-10-24-18(22)12-16)29-19(25-27)15-5-6-17-14(11-15)7-9-23-17/h5-13,23H,1-4H3,(H2,22,24). The van der Waals surface area contributed by atoms with Gasteiger partial charge in [0.05, 0.1) is 0 Å². The quantitative estimate of drug-likeness (QED) is 0.711. The number of hydrogen-bond donors (Lipinski definition) is 2. The summed E-state index contributed by atoms with van der Waals surface area (Å²) in [6.45, 7) is 3.93. The van der Waals surface area contributed by atoms with Crippen LogP contribution in [0, 0.1) is 0 Å². The van der Waals surface area contributed by atoms with Crippen LogP contribution in [0.25, 0.3) is 10.9 Å². The number of hydrogen-bond acceptors (Lipinski definition) is 6. The number of aromatic amines is 1. The number of nitrogens with two attached hydrogens (primary N) is 1. The van der Waals surface area contributed by atoms with Crippen LogP contribution in [-0.4, -0.2) is 51.8 Å². The van der Waals surface area contributed by atoms with Gasteiger partial charge in [0.1, 0.15) is 5.82 Å². The van der Waals surface area contributed by atoms with Gasteiger partial charge in [-0.15, -0.1) is 5.10 Å². The number of rotatable bonds is 4. The third kappa shape index (κ3) is 2.97. The molecule has 4 rings (SSSR count). The van der Waals surface area contributed by atoms with E-state index in [0.29, 0.717) is 17.3 Å². The van der Waals surface area contributed by atoms with Gasteiger partial charge in [-0.2, -0.15) is 0 Å². The number of carbonyl (C=O) groups excluding carboxylic acids is 1. The number of ether oxygens (including phenoxy) is 1. The highest BCUT2D eigenvalue weighted by atomic mass is 16.6. The minimum absolute atomic E-state index is 0.109. The maximum Gasteiger partial charge on any atom is 0.305 e. The summed E-state index contributed by atoms with van der Waals surface area (Å²) >= 11 is 0. The first-order valence-corrected chi connectivity index (χ1v) is 9.41. The van der Waals surface area contributed by atoms with Crippen LogP contribution in [0.5, 0.6) is 0 Å². The summed E-state index contributed by atoms with van der Waals surface area (Å²) in [5, 5.41) is 7.45. The molecule has 1 unspecified atom stereocenters. The molecule has 2 aromatic heterocycles. The van der Waals surface area contributed by atoms with E-state index in [1.54, 1.807) is 37.4 Å². The van der Waals surface area contributed by atoms with Gasteiger partial charge in [-0.1, -0.05) is 0 Å². The Morgan fingerprint density at radius 1 is 1.24 bits per heavy atom. The SMILES string of the molecule is CC(C)N1N=C(c2ccc3[nH]ccc3c2)OC1(C(=O)N(C)C)c1ccnc(N)c1. The molecule has 1 aliphatic rings. The Kier molecular flexibility index (Phi) is 4.41. The lowest BCUT2D eigenvalue weighted by atomic mass is 10.00. The zero-order chi connectivity index (χ0) is 20.8. The Morgan fingerprint density at radius 2 is 2.03 bits per heavy atom. The van der Waals surface area contributed by atoms with E-state index in [4.69, 9.17) is 15.6 Å². The second kappa shape index (κ2) is 6.80. The number of anilines is 1. The first-order valence-electron chi connectivity index (χ1n) is 9.41. The predicted octanol–water partition coefficient (Wildman–Crippen LogP) is 2.49. The smallest absolute Gasteiger partial charge is 0.305 e. The highest BCUT2D eigenvalue weighted by Crippen LogP contribution is 2.40. The van der Waals surface area contributed by atoms with Crippen molar-refractivity contribution in [2.75, 3.05) is 19.8 Å². The van der Waals surface area contributed by atoms with E-state index in [-0.39, 0.29) is 11.9 Å². The molecular formula is C21H24N6O2. The highest BCUT2D eigenvalue weighted by Gasteiger charge is 2.55. The molecule has 8 heteroatoms. The molecule has 0 aliphatic carbocycles. The number of nitrogen functional groups attached to an aromatic ring is 1. The minimum atomic E-state index is -1.46. The van der Waals surface area contributed by atoms with Crippen LogP contribution in [0.1, 0.15) is 25.0 Å². The van der Waals surface area contributed by atoms with Crippen molar-refractivity contribution in [3.63, 3.8) is 0 Å². The summed E-state index contributed by atoms with van der Waals surface area (Å²) in [5.41, 5.74) is 6.86. The van der Waals surface area contributed by atoms with E-state index in [1.165, 1.54) is 4.90 Å². The normalized spacial score (nSPS) is 18.8. The number of amides is 1. The number of likely N-dealkylation sites (N-methyl/N-ethyl adjacent to an activating group) is 1. The van der Waals surface area contributed by atoms with E-state index in [2.05, 4.69) is 9.97 Å². The van der Waals surface area contributed by atoms with Crippen LogP contribution in [0.15, 0.2) is 53.9 Å².